The largest absolute Gasteiger partial charge is 0.396 e. The first-order valence-electron chi connectivity index (χ1n) is 6.99. The Balaban J connectivity index is 2.46. The molecule has 19 heavy (non-hydrogen) atoms. The van der Waals surface area contributed by atoms with Gasteiger partial charge in [-0.1, -0.05) is 31.1 Å². The van der Waals surface area contributed by atoms with Crippen LogP contribution < -0.4 is 5.32 Å². The van der Waals surface area contributed by atoms with Gasteiger partial charge in [0.2, 0.25) is 0 Å². The molecule has 2 rings (SSSR count). The van der Waals surface area contributed by atoms with E-state index in [1.165, 1.54) is 18.4 Å². The lowest BCUT2D eigenvalue weighted by atomic mass is 9.61. The molecule has 1 heterocycles. The Labute approximate surface area is 120 Å². The number of nitrogens with one attached hydrogen (secondary N) is 1. The highest BCUT2D eigenvalue weighted by molar-refractivity contribution is 7.80. The van der Waals surface area contributed by atoms with E-state index in [2.05, 4.69) is 16.4 Å². The Hall–Kier alpha value is -1.00. The first kappa shape index (κ1) is 14.4. The van der Waals surface area contributed by atoms with Crippen molar-refractivity contribution in [1.82, 2.24) is 10.3 Å². The zero-order valence-electron chi connectivity index (χ0n) is 11.4. The van der Waals surface area contributed by atoms with Crippen LogP contribution >= 0.6 is 12.2 Å². The number of hydrogen-bond donors (Lipinski definition) is 2. The topological polar surface area (TPSA) is 45.2 Å². The summed E-state index contributed by atoms with van der Waals surface area (Å²) in [5.41, 5.74) is 1.03. The molecule has 0 radical (unpaired) electrons. The lowest BCUT2D eigenvalue weighted by molar-refractivity contribution is 0.184. The minimum absolute atomic E-state index is 0.153. The van der Waals surface area contributed by atoms with Gasteiger partial charge in [0, 0.05) is 31.5 Å². The minimum Gasteiger partial charge on any atom is -0.396 e. The summed E-state index contributed by atoms with van der Waals surface area (Å²) in [5.74, 6) is 0.399. The van der Waals surface area contributed by atoms with Crippen LogP contribution in [0.25, 0.3) is 0 Å². The standard InChI is InChI=1S/C15H22N2OS/c1-16-14(19)15(13-6-4-9-17-11-13)8-3-2-5-12(15)7-10-18/h4,6,9,11-12,18H,2-3,5,7-8,10H2,1H3,(H,16,19)/t12-,15+/m0/s1. The maximum absolute atomic E-state index is 9.37. The predicted molar refractivity (Wildman–Crippen MR) is 81.2 cm³/mol. The van der Waals surface area contributed by atoms with Gasteiger partial charge in [-0.25, -0.2) is 0 Å². The summed E-state index contributed by atoms with van der Waals surface area (Å²) < 4.78 is 0. The van der Waals surface area contributed by atoms with E-state index in [1.807, 2.05) is 19.3 Å². The van der Waals surface area contributed by atoms with Crippen LogP contribution in [0.2, 0.25) is 0 Å². The second-order valence-electron chi connectivity index (χ2n) is 5.25. The van der Waals surface area contributed by atoms with Crippen LogP contribution in [0.3, 0.4) is 0 Å². The van der Waals surface area contributed by atoms with Gasteiger partial charge in [0.1, 0.15) is 0 Å². The quantitative estimate of drug-likeness (QED) is 0.830. The second-order valence-corrected chi connectivity index (χ2v) is 5.66. The molecule has 2 N–H and O–H groups in total. The number of likely N-dealkylation sites (N-methyl/N-ethyl adjacent to an activating group) is 1. The second kappa shape index (κ2) is 6.44. The third-order valence-electron chi connectivity index (χ3n) is 4.36. The van der Waals surface area contributed by atoms with Crippen LogP contribution in [0.1, 0.15) is 37.7 Å². The maximum atomic E-state index is 9.37. The van der Waals surface area contributed by atoms with Crippen molar-refractivity contribution < 1.29 is 5.11 Å². The van der Waals surface area contributed by atoms with Gasteiger partial charge < -0.3 is 10.4 Å². The number of aliphatic hydroxyl groups is 1. The summed E-state index contributed by atoms with van der Waals surface area (Å²) in [4.78, 5) is 5.15. The third kappa shape index (κ3) is 2.65. The van der Waals surface area contributed by atoms with Gasteiger partial charge in [-0.2, -0.15) is 0 Å². The van der Waals surface area contributed by atoms with E-state index in [-0.39, 0.29) is 12.0 Å². The molecular formula is C15H22N2OS. The molecule has 104 valence electrons. The zero-order valence-corrected chi connectivity index (χ0v) is 12.2. The molecule has 0 aliphatic heterocycles. The molecule has 0 amide bonds. The normalized spacial score (nSPS) is 26.9. The molecule has 0 bridgehead atoms. The summed E-state index contributed by atoms with van der Waals surface area (Å²) in [6, 6.07) is 4.09. The molecule has 0 spiro atoms. The molecule has 4 heteroatoms. The lowest BCUT2D eigenvalue weighted by Crippen LogP contribution is -2.49. The van der Waals surface area contributed by atoms with Crippen molar-refractivity contribution in [2.24, 2.45) is 5.92 Å². The molecule has 0 saturated heterocycles. The molecule has 0 unspecified atom stereocenters. The number of hydrogen-bond acceptors (Lipinski definition) is 3. The summed E-state index contributed by atoms with van der Waals surface area (Å²) in [6.07, 6.45) is 9.09. The van der Waals surface area contributed by atoms with Crippen molar-refractivity contribution in [1.29, 1.82) is 0 Å². The van der Waals surface area contributed by atoms with Crippen LogP contribution in [-0.4, -0.2) is 28.7 Å². The maximum Gasteiger partial charge on any atom is 0.0861 e. The first-order chi connectivity index (χ1) is 9.25. The molecule has 1 fully saturated rings. The Morgan fingerprint density at radius 3 is 3.05 bits per heavy atom. The van der Waals surface area contributed by atoms with Crippen molar-refractivity contribution in [3.63, 3.8) is 0 Å². The summed E-state index contributed by atoms with van der Waals surface area (Å²) in [5, 5.41) is 12.6. The average Bonchev–Trinajstić information content (AvgIpc) is 2.48. The van der Waals surface area contributed by atoms with E-state index in [9.17, 15) is 5.11 Å². The highest BCUT2D eigenvalue weighted by Gasteiger charge is 2.45. The van der Waals surface area contributed by atoms with E-state index in [0.29, 0.717) is 5.92 Å². The highest BCUT2D eigenvalue weighted by atomic mass is 32.1. The first-order valence-corrected chi connectivity index (χ1v) is 7.40. The molecule has 3 nitrogen and oxygen atoms in total. The molecule has 1 aromatic rings. The zero-order chi connectivity index (χ0) is 13.7. The summed E-state index contributed by atoms with van der Waals surface area (Å²) in [7, 11) is 1.89. The van der Waals surface area contributed by atoms with E-state index in [0.717, 1.165) is 24.3 Å². The fourth-order valence-electron chi connectivity index (χ4n) is 3.45. The van der Waals surface area contributed by atoms with Gasteiger partial charge in [-0.3, -0.25) is 4.98 Å². The van der Waals surface area contributed by atoms with E-state index < -0.39 is 0 Å². The smallest absolute Gasteiger partial charge is 0.0861 e. The Bertz CT molecular complexity index is 421. The molecule has 1 aliphatic rings. The van der Waals surface area contributed by atoms with Crippen LogP contribution in [-0.2, 0) is 5.41 Å². The average molecular weight is 278 g/mol. The van der Waals surface area contributed by atoms with Crippen molar-refractivity contribution in [3.8, 4) is 0 Å². The van der Waals surface area contributed by atoms with Crippen LogP contribution in [0.5, 0.6) is 0 Å². The van der Waals surface area contributed by atoms with Crippen molar-refractivity contribution >= 4 is 17.2 Å². The summed E-state index contributed by atoms with van der Waals surface area (Å²) >= 11 is 5.64. The Kier molecular flexibility index (Phi) is 4.88. The number of thiocarbonyl (C=S) groups is 1. The lowest BCUT2D eigenvalue weighted by Gasteiger charge is -2.44. The number of aromatic nitrogens is 1. The van der Waals surface area contributed by atoms with Crippen LogP contribution in [0.15, 0.2) is 24.5 Å². The van der Waals surface area contributed by atoms with Gasteiger partial charge in [-0.05, 0) is 36.8 Å². The van der Waals surface area contributed by atoms with Crippen molar-refractivity contribution in [3.05, 3.63) is 30.1 Å². The van der Waals surface area contributed by atoms with Crippen LogP contribution in [0, 0.1) is 5.92 Å². The molecular weight excluding hydrogens is 256 g/mol. The Morgan fingerprint density at radius 2 is 2.42 bits per heavy atom. The van der Waals surface area contributed by atoms with E-state index >= 15 is 0 Å². The molecule has 2 atom stereocenters. The van der Waals surface area contributed by atoms with Crippen molar-refractivity contribution in [2.75, 3.05) is 13.7 Å². The number of nitrogens with zero attached hydrogens (tertiary/aromatic N) is 1. The van der Waals surface area contributed by atoms with E-state index in [4.69, 9.17) is 12.2 Å². The van der Waals surface area contributed by atoms with Gasteiger partial charge >= 0.3 is 0 Å². The molecule has 0 aromatic carbocycles. The van der Waals surface area contributed by atoms with E-state index in [1.54, 1.807) is 6.20 Å². The van der Waals surface area contributed by atoms with Crippen molar-refractivity contribution in [2.45, 2.75) is 37.5 Å². The fourth-order valence-corrected chi connectivity index (χ4v) is 3.84. The number of pyridine rings is 1. The predicted octanol–water partition coefficient (Wildman–Crippen LogP) is 2.44. The van der Waals surface area contributed by atoms with Gasteiger partial charge in [0.25, 0.3) is 0 Å². The highest BCUT2D eigenvalue weighted by Crippen LogP contribution is 2.45. The van der Waals surface area contributed by atoms with Gasteiger partial charge in [0.15, 0.2) is 0 Å². The molecule has 1 saturated carbocycles. The Morgan fingerprint density at radius 1 is 1.58 bits per heavy atom. The summed E-state index contributed by atoms with van der Waals surface area (Å²) in [6.45, 7) is 0.221. The molecule has 1 aromatic heterocycles. The SMILES string of the molecule is CNC(=S)[C@]1(c2cccnc2)CCCC[C@H]1CCO. The monoisotopic (exact) mass is 278 g/mol. The van der Waals surface area contributed by atoms with Crippen LogP contribution in [0.4, 0.5) is 0 Å². The number of aliphatic hydroxyl groups excluding tert-OH is 1. The third-order valence-corrected chi connectivity index (χ3v) is 4.93. The number of rotatable bonds is 4. The van der Waals surface area contributed by atoms with Gasteiger partial charge in [-0.15, -0.1) is 0 Å². The minimum atomic E-state index is -0.153. The van der Waals surface area contributed by atoms with Gasteiger partial charge in [0.05, 0.1) is 4.99 Å². The fraction of sp³-hybridized carbons (Fsp3) is 0.600. The molecule has 1 aliphatic carbocycles.